The zero-order valence-electron chi connectivity index (χ0n) is 14.9. The van der Waals surface area contributed by atoms with Crippen LogP contribution in [0.2, 0.25) is 0 Å². The third-order valence-corrected chi connectivity index (χ3v) is 5.03. The molecule has 1 N–H and O–H groups in total. The number of para-hydroxylation sites is 1. The lowest BCUT2D eigenvalue weighted by atomic mass is 10.00. The van der Waals surface area contributed by atoms with Crippen molar-refractivity contribution in [3.8, 4) is 0 Å². The van der Waals surface area contributed by atoms with Crippen molar-refractivity contribution in [2.75, 3.05) is 4.90 Å². The van der Waals surface area contributed by atoms with Crippen LogP contribution in [0.25, 0.3) is 16.8 Å². The largest absolute Gasteiger partial charge is 0.478 e. The SMILES string of the molecule is CC1C(=O)N(Cc2ccc3ccccc3c2)c2c(/C=C/C(=O)O)cccc21. The second-order valence-electron chi connectivity index (χ2n) is 6.78. The number of amides is 1. The first-order chi connectivity index (χ1) is 13.0. The lowest BCUT2D eigenvalue weighted by molar-refractivity contribution is -0.131. The summed E-state index contributed by atoms with van der Waals surface area (Å²) in [5.41, 5.74) is 3.53. The summed E-state index contributed by atoms with van der Waals surface area (Å²) in [4.78, 5) is 25.6. The standard InChI is InChI=1S/C23H19NO3/c1-15-20-8-4-7-18(11-12-21(25)26)22(20)24(23(15)27)14-16-9-10-17-5-2-3-6-19(17)13-16/h2-13,15H,14H2,1H3,(H,25,26)/b12-11+. The zero-order valence-corrected chi connectivity index (χ0v) is 14.9. The van der Waals surface area contributed by atoms with E-state index < -0.39 is 5.97 Å². The minimum absolute atomic E-state index is 0.0364. The van der Waals surface area contributed by atoms with Crippen LogP contribution in [0.5, 0.6) is 0 Å². The van der Waals surface area contributed by atoms with Gasteiger partial charge in [-0.15, -0.1) is 0 Å². The fourth-order valence-electron chi connectivity index (χ4n) is 3.69. The van der Waals surface area contributed by atoms with E-state index in [4.69, 9.17) is 5.11 Å². The highest BCUT2D eigenvalue weighted by atomic mass is 16.4. The molecule has 0 bridgehead atoms. The van der Waals surface area contributed by atoms with Crippen molar-refractivity contribution >= 4 is 34.4 Å². The first-order valence-electron chi connectivity index (χ1n) is 8.87. The van der Waals surface area contributed by atoms with Crippen molar-refractivity contribution in [3.05, 3.63) is 83.4 Å². The first-order valence-corrected chi connectivity index (χ1v) is 8.87. The highest BCUT2D eigenvalue weighted by Crippen LogP contribution is 2.41. The maximum absolute atomic E-state index is 12.9. The number of fused-ring (bicyclic) bond motifs is 2. The topological polar surface area (TPSA) is 57.6 Å². The van der Waals surface area contributed by atoms with Gasteiger partial charge in [-0.1, -0.05) is 54.6 Å². The van der Waals surface area contributed by atoms with Gasteiger partial charge in [0, 0.05) is 6.08 Å². The normalized spacial score (nSPS) is 16.3. The summed E-state index contributed by atoms with van der Waals surface area (Å²) in [7, 11) is 0. The molecule has 0 radical (unpaired) electrons. The molecular weight excluding hydrogens is 338 g/mol. The number of carbonyl (C=O) groups is 2. The second-order valence-corrected chi connectivity index (χ2v) is 6.78. The van der Waals surface area contributed by atoms with Crippen molar-refractivity contribution in [1.29, 1.82) is 0 Å². The number of rotatable bonds is 4. The van der Waals surface area contributed by atoms with Gasteiger partial charge in [-0.05, 0) is 46.5 Å². The van der Waals surface area contributed by atoms with Crippen molar-refractivity contribution in [2.45, 2.75) is 19.4 Å². The molecule has 1 atom stereocenters. The zero-order chi connectivity index (χ0) is 19.0. The third kappa shape index (κ3) is 3.10. The number of benzene rings is 3. The molecule has 0 aromatic heterocycles. The van der Waals surface area contributed by atoms with Crippen molar-refractivity contribution in [3.63, 3.8) is 0 Å². The molecule has 1 aliphatic rings. The first kappa shape index (κ1) is 17.0. The minimum atomic E-state index is -1.01. The Morgan fingerprint density at radius 3 is 2.63 bits per heavy atom. The van der Waals surface area contributed by atoms with Gasteiger partial charge in [0.1, 0.15) is 0 Å². The number of anilines is 1. The van der Waals surface area contributed by atoms with E-state index >= 15 is 0 Å². The van der Waals surface area contributed by atoms with Crippen LogP contribution >= 0.6 is 0 Å². The number of hydrogen-bond donors (Lipinski definition) is 1. The van der Waals surface area contributed by atoms with Gasteiger partial charge in [0.15, 0.2) is 0 Å². The molecule has 0 saturated heterocycles. The van der Waals surface area contributed by atoms with Gasteiger partial charge in [0.05, 0.1) is 18.2 Å². The monoisotopic (exact) mass is 357 g/mol. The van der Waals surface area contributed by atoms with E-state index in [1.165, 1.54) is 0 Å². The van der Waals surface area contributed by atoms with E-state index in [0.717, 1.165) is 39.2 Å². The summed E-state index contributed by atoms with van der Waals surface area (Å²) in [6.45, 7) is 2.35. The number of nitrogens with zero attached hydrogens (tertiary/aromatic N) is 1. The van der Waals surface area contributed by atoms with Gasteiger partial charge in [-0.25, -0.2) is 4.79 Å². The molecule has 0 aliphatic carbocycles. The Bertz CT molecular complexity index is 1080. The fraction of sp³-hybridized carbons (Fsp3) is 0.130. The number of carbonyl (C=O) groups excluding carboxylic acids is 1. The van der Waals surface area contributed by atoms with Crippen molar-refractivity contribution < 1.29 is 14.7 Å². The molecule has 0 fully saturated rings. The lowest BCUT2D eigenvalue weighted by Crippen LogP contribution is -2.27. The fourth-order valence-corrected chi connectivity index (χ4v) is 3.69. The Morgan fingerprint density at radius 2 is 1.85 bits per heavy atom. The molecule has 1 amide bonds. The summed E-state index contributed by atoms with van der Waals surface area (Å²) < 4.78 is 0. The maximum atomic E-state index is 12.9. The maximum Gasteiger partial charge on any atom is 0.328 e. The Labute approximate surface area is 157 Å². The molecule has 0 saturated carbocycles. The lowest BCUT2D eigenvalue weighted by Gasteiger charge is -2.20. The van der Waals surface area contributed by atoms with Gasteiger partial charge in [-0.3, -0.25) is 4.79 Å². The van der Waals surface area contributed by atoms with Crippen LogP contribution in [0.15, 0.2) is 66.7 Å². The van der Waals surface area contributed by atoms with Crippen molar-refractivity contribution in [1.82, 2.24) is 0 Å². The average Bonchev–Trinajstić information content (AvgIpc) is 2.92. The molecule has 134 valence electrons. The highest BCUT2D eigenvalue weighted by molar-refractivity contribution is 6.07. The van der Waals surface area contributed by atoms with Gasteiger partial charge in [0.2, 0.25) is 5.91 Å². The quantitative estimate of drug-likeness (QED) is 0.695. The molecule has 4 nitrogen and oxygen atoms in total. The van der Waals surface area contributed by atoms with Gasteiger partial charge in [-0.2, -0.15) is 0 Å². The summed E-state index contributed by atoms with van der Waals surface area (Å²) in [5.74, 6) is -1.21. The van der Waals surface area contributed by atoms with E-state index in [0.29, 0.717) is 6.54 Å². The molecule has 4 heteroatoms. The molecule has 3 aromatic carbocycles. The van der Waals surface area contributed by atoms with E-state index in [-0.39, 0.29) is 11.8 Å². The molecule has 3 aromatic rings. The van der Waals surface area contributed by atoms with Gasteiger partial charge < -0.3 is 10.0 Å². The van der Waals surface area contributed by atoms with Crippen LogP contribution in [-0.2, 0) is 16.1 Å². The van der Waals surface area contributed by atoms with E-state index in [9.17, 15) is 9.59 Å². The number of hydrogen-bond acceptors (Lipinski definition) is 2. The summed E-state index contributed by atoms with van der Waals surface area (Å²) in [5, 5.41) is 11.3. The average molecular weight is 357 g/mol. The third-order valence-electron chi connectivity index (χ3n) is 5.03. The van der Waals surface area contributed by atoms with Crippen LogP contribution in [0.1, 0.15) is 29.5 Å². The Kier molecular flexibility index (Phi) is 4.24. The molecule has 1 unspecified atom stereocenters. The summed E-state index contributed by atoms with van der Waals surface area (Å²) in [6.07, 6.45) is 2.66. The van der Waals surface area contributed by atoms with Crippen LogP contribution in [0.4, 0.5) is 5.69 Å². The predicted molar refractivity (Wildman–Crippen MR) is 107 cm³/mol. The van der Waals surface area contributed by atoms with E-state index in [1.807, 2.05) is 43.3 Å². The molecule has 27 heavy (non-hydrogen) atoms. The van der Waals surface area contributed by atoms with Crippen LogP contribution in [0.3, 0.4) is 0 Å². The summed E-state index contributed by atoms with van der Waals surface area (Å²) in [6, 6.07) is 20.0. The Balaban J connectivity index is 1.75. The molecule has 0 spiro atoms. The number of carboxylic acid groups (broad SMARTS) is 1. The van der Waals surface area contributed by atoms with Crippen LogP contribution in [0, 0.1) is 0 Å². The Morgan fingerprint density at radius 1 is 1.07 bits per heavy atom. The molecule has 1 heterocycles. The second kappa shape index (κ2) is 6.72. The van der Waals surface area contributed by atoms with Crippen LogP contribution < -0.4 is 4.90 Å². The highest BCUT2D eigenvalue weighted by Gasteiger charge is 2.35. The smallest absolute Gasteiger partial charge is 0.328 e. The number of carboxylic acids is 1. The molecular formula is C23H19NO3. The van der Waals surface area contributed by atoms with Crippen molar-refractivity contribution in [2.24, 2.45) is 0 Å². The van der Waals surface area contributed by atoms with E-state index in [2.05, 4.69) is 24.3 Å². The van der Waals surface area contributed by atoms with Crippen LogP contribution in [-0.4, -0.2) is 17.0 Å². The molecule has 1 aliphatic heterocycles. The Hall–Kier alpha value is -3.40. The number of aliphatic carboxylic acids is 1. The minimum Gasteiger partial charge on any atom is -0.478 e. The predicted octanol–water partition coefficient (Wildman–Crippen LogP) is 4.59. The van der Waals surface area contributed by atoms with E-state index in [1.54, 1.807) is 11.0 Å². The summed E-state index contributed by atoms with van der Waals surface area (Å²) >= 11 is 0. The van der Waals surface area contributed by atoms with Gasteiger partial charge in [0.25, 0.3) is 0 Å². The van der Waals surface area contributed by atoms with Gasteiger partial charge >= 0.3 is 5.97 Å². The molecule has 4 rings (SSSR count).